The zero-order valence-corrected chi connectivity index (χ0v) is 16.0. The third-order valence-electron chi connectivity index (χ3n) is 4.29. The molecule has 28 heavy (non-hydrogen) atoms. The Bertz CT molecular complexity index is 957. The molecule has 0 saturated carbocycles. The molecule has 3 aromatic carbocycles. The molecule has 0 aromatic heterocycles. The van der Waals surface area contributed by atoms with Gasteiger partial charge in [-0.15, -0.1) is 0 Å². The maximum atomic E-state index is 12.2. The topological polar surface area (TPSA) is 52.6 Å². The van der Waals surface area contributed by atoms with Crippen LogP contribution < -0.4 is 4.74 Å². The first-order chi connectivity index (χ1) is 13.5. The summed E-state index contributed by atoms with van der Waals surface area (Å²) < 4.78 is 10.9. The lowest BCUT2D eigenvalue weighted by molar-refractivity contribution is 0.0474. The van der Waals surface area contributed by atoms with Crippen LogP contribution in [0.15, 0.2) is 72.8 Å². The Morgan fingerprint density at radius 1 is 0.786 bits per heavy atom. The monoisotopic (exact) mass is 374 g/mol. The predicted octanol–water partition coefficient (Wildman–Crippen LogP) is 4.92. The van der Waals surface area contributed by atoms with E-state index in [0.29, 0.717) is 17.7 Å². The molecular formula is C24H22O4. The van der Waals surface area contributed by atoms with Gasteiger partial charge in [0.1, 0.15) is 12.4 Å². The molecule has 3 rings (SSSR count). The number of carbonyl (C=O) groups is 2. The largest absolute Gasteiger partial charge is 0.489 e. The van der Waals surface area contributed by atoms with Crippen LogP contribution in [0, 0.1) is 13.8 Å². The molecule has 4 nitrogen and oxygen atoms in total. The predicted molar refractivity (Wildman–Crippen MR) is 108 cm³/mol. The molecule has 0 aliphatic carbocycles. The molecule has 0 spiro atoms. The van der Waals surface area contributed by atoms with Crippen molar-refractivity contribution in [2.45, 2.75) is 20.5 Å². The van der Waals surface area contributed by atoms with Crippen molar-refractivity contribution in [1.82, 2.24) is 0 Å². The number of carbonyl (C=O) groups excluding carboxylic acids is 2. The summed E-state index contributed by atoms with van der Waals surface area (Å²) in [7, 11) is 0. The summed E-state index contributed by atoms with van der Waals surface area (Å²) in [5.74, 6) is 0.0567. The number of benzene rings is 3. The number of rotatable bonds is 7. The van der Waals surface area contributed by atoms with E-state index in [1.54, 1.807) is 24.3 Å². The number of esters is 1. The second-order valence-electron chi connectivity index (χ2n) is 6.67. The van der Waals surface area contributed by atoms with Gasteiger partial charge in [0.05, 0.1) is 5.56 Å². The molecular weight excluding hydrogens is 352 g/mol. The van der Waals surface area contributed by atoms with Gasteiger partial charge in [-0.05, 0) is 49.2 Å². The van der Waals surface area contributed by atoms with Gasteiger partial charge >= 0.3 is 5.97 Å². The van der Waals surface area contributed by atoms with Crippen molar-refractivity contribution in [3.05, 3.63) is 101 Å². The Hall–Kier alpha value is -3.40. The second-order valence-corrected chi connectivity index (χ2v) is 6.67. The van der Waals surface area contributed by atoms with Gasteiger partial charge < -0.3 is 9.47 Å². The maximum absolute atomic E-state index is 12.2. The van der Waals surface area contributed by atoms with Crippen molar-refractivity contribution in [1.29, 1.82) is 0 Å². The number of aryl methyl sites for hydroxylation is 2. The van der Waals surface area contributed by atoms with E-state index >= 15 is 0 Å². The summed E-state index contributed by atoms with van der Waals surface area (Å²) in [6.45, 7) is 4.09. The van der Waals surface area contributed by atoms with Gasteiger partial charge in [0, 0.05) is 5.56 Å². The van der Waals surface area contributed by atoms with Gasteiger partial charge in [-0.25, -0.2) is 4.79 Å². The molecule has 0 aliphatic rings. The van der Waals surface area contributed by atoms with Gasteiger partial charge in [-0.1, -0.05) is 54.1 Å². The number of hydrogen-bond donors (Lipinski definition) is 0. The summed E-state index contributed by atoms with van der Waals surface area (Å²) in [5.41, 5.74) is 4.07. The van der Waals surface area contributed by atoms with Crippen molar-refractivity contribution in [3.8, 4) is 5.75 Å². The molecule has 0 unspecified atom stereocenters. The first kappa shape index (κ1) is 19.4. The molecule has 0 saturated heterocycles. The molecule has 0 amide bonds. The van der Waals surface area contributed by atoms with E-state index in [2.05, 4.69) is 0 Å². The van der Waals surface area contributed by atoms with Crippen LogP contribution in [-0.4, -0.2) is 18.4 Å². The van der Waals surface area contributed by atoms with E-state index in [1.165, 1.54) is 0 Å². The molecule has 0 bridgehead atoms. The van der Waals surface area contributed by atoms with Crippen molar-refractivity contribution in [2.24, 2.45) is 0 Å². The van der Waals surface area contributed by atoms with Gasteiger partial charge in [-0.3, -0.25) is 4.79 Å². The fourth-order valence-electron chi connectivity index (χ4n) is 2.65. The van der Waals surface area contributed by atoms with Crippen LogP contribution in [0.2, 0.25) is 0 Å². The first-order valence-corrected chi connectivity index (χ1v) is 9.07. The number of ether oxygens (including phenoxy) is 2. The third-order valence-corrected chi connectivity index (χ3v) is 4.29. The Morgan fingerprint density at radius 2 is 1.46 bits per heavy atom. The second kappa shape index (κ2) is 9.00. The van der Waals surface area contributed by atoms with E-state index < -0.39 is 5.97 Å². The summed E-state index contributed by atoms with van der Waals surface area (Å²) in [6, 6.07) is 22.0. The van der Waals surface area contributed by atoms with E-state index in [4.69, 9.17) is 9.47 Å². The van der Waals surface area contributed by atoms with Crippen molar-refractivity contribution in [3.63, 3.8) is 0 Å². The van der Waals surface area contributed by atoms with E-state index in [-0.39, 0.29) is 12.4 Å². The summed E-state index contributed by atoms with van der Waals surface area (Å²) >= 11 is 0. The molecule has 0 atom stereocenters. The van der Waals surface area contributed by atoms with Crippen molar-refractivity contribution < 1.29 is 19.1 Å². The van der Waals surface area contributed by atoms with E-state index in [1.807, 2.05) is 62.4 Å². The standard InChI is InChI=1S/C24H22O4/c1-17-6-10-20(11-7-17)23(25)16-28-24(26)21-12-8-19(9-13-21)15-27-22-5-3-4-18(2)14-22/h3-14H,15-16H2,1-2H3. The Kier molecular flexibility index (Phi) is 6.22. The molecule has 0 fully saturated rings. The van der Waals surface area contributed by atoms with Crippen LogP contribution in [0.1, 0.15) is 37.4 Å². The molecule has 0 heterocycles. The molecule has 4 heteroatoms. The number of ketones is 1. The first-order valence-electron chi connectivity index (χ1n) is 9.07. The number of Topliss-reactive ketones (excluding diaryl/α,β-unsaturated/α-hetero) is 1. The Balaban J connectivity index is 1.51. The van der Waals surface area contributed by atoms with Crippen LogP contribution in [0.3, 0.4) is 0 Å². The molecule has 142 valence electrons. The summed E-state index contributed by atoms with van der Waals surface area (Å²) in [4.78, 5) is 24.3. The zero-order chi connectivity index (χ0) is 19.9. The molecule has 0 radical (unpaired) electrons. The smallest absolute Gasteiger partial charge is 0.338 e. The fraction of sp³-hybridized carbons (Fsp3) is 0.167. The van der Waals surface area contributed by atoms with Gasteiger partial charge in [0.15, 0.2) is 12.4 Å². The Morgan fingerprint density at radius 3 is 2.14 bits per heavy atom. The highest BCUT2D eigenvalue weighted by Gasteiger charge is 2.12. The highest BCUT2D eigenvalue weighted by molar-refractivity contribution is 5.99. The average molecular weight is 374 g/mol. The van der Waals surface area contributed by atoms with Crippen LogP contribution >= 0.6 is 0 Å². The average Bonchev–Trinajstić information content (AvgIpc) is 2.71. The molecule has 0 aliphatic heterocycles. The van der Waals surface area contributed by atoms with Crippen LogP contribution in [-0.2, 0) is 11.3 Å². The molecule has 0 N–H and O–H groups in total. The van der Waals surface area contributed by atoms with Crippen LogP contribution in [0.25, 0.3) is 0 Å². The summed E-state index contributed by atoms with van der Waals surface area (Å²) in [5, 5.41) is 0. The third kappa shape index (κ3) is 5.30. The van der Waals surface area contributed by atoms with Crippen LogP contribution in [0.4, 0.5) is 0 Å². The zero-order valence-electron chi connectivity index (χ0n) is 16.0. The lowest BCUT2D eigenvalue weighted by atomic mass is 10.1. The summed E-state index contributed by atoms with van der Waals surface area (Å²) in [6.07, 6.45) is 0. The normalized spacial score (nSPS) is 10.4. The van der Waals surface area contributed by atoms with Gasteiger partial charge in [-0.2, -0.15) is 0 Å². The lowest BCUT2D eigenvalue weighted by Crippen LogP contribution is -2.14. The van der Waals surface area contributed by atoms with E-state index in [9.17, 15) is 9.59 Å². The van der Waals surface area contributed by atoms with Crippen molar-refractivity contribution >= 4 is 11.8 Å². The minimum Gasteiger partial charge on any atom is -0.489 e. The highest BCUT2D eigenvalue weighted by Crippen LogP contribution is 2.15. The van der Waals surface area contributed by atoms with Crippen LogP contribution in [0.5, 0.6) is 5.75 Å². The maximum Gasteiger partial charge on any atom is 0.338 e. The highest BCUT2D eigenvalue weighted by atomic mass is 16.5. The van der Waals surface area contributed by atoms with Gasteiger partial charge in [0.25, 0.3) is 0 Å². The fourth-order valence-corrected chi connectivity index (χ4v) is 2.65. The minimum absolute atomic E-state index is 0.225. The molecule has 3 aromatic rings. The quantitative estimate of drug-likeness (QED) is 0.435. The van der Waals surface area contributed by atoms with Crippen molar-refractivity contribution in [2.75, 3.05) is 6.61 Å². The van der Waals surface area contributed by atoms with E-state index in [0.717, 1.165) is 22.4 Å². The number of hydrogen-bond acceptors (Lipinski definition) is 4. The van der Waals surface area contributed by atoms with Gasteiger partial charge in [0.2, 0.25) is 0 Å². The SMILES string of the molecule is Cc1ccc(C(=O)COC(=O)c2ccc(COc3cccc(C)c3)cc2)cc1. The lowest BCUT2D eigenvalue weighted by Gasteiger charge is -2.08. The Labute approximate surface area is 164 Å². The minimum atomic E-state index is -0.522.